The van der Waals surface area contributed by atoms with Gasteiger partial charge < -0.3 is 19.7 Å². The fraction of sp³-hybridized carbons (Fsp3) is 0.185. The molecule has 0 aliphatic rings. The van der Waals surface area contributed by atoms with E-state index in [9.17, 15) is 14.7 Å². The number of carboxylic acid groups (broad SMARTS) is 1. The van der Waals surface area contributed by atoms with Crippen LogP contribution in [0, 0.1) is 0 Å². The number of carbonyl (C=O) groups is 2. The molecule has 168 valence electrons. The highest BCUT2D eigenvalue weighted by molar-refractivity contribution is 6.04. The molecular formula is C27H26N2O4. The molecular weight excluding hydrogens is 416 g/mol. The number of ether oxygens (including phenoxy) is 1. The minimum atomic E-state index is -1.05. The number of nitrogens with zero attached hydrogens (tertiary/aromatic N) is 1. The molecule has 6 heteroatoms. The molecule has 0 aliphatic carbocycles. The fourth-order valence-electron chi connectivity index (χ4n) is 3.80. The van der Waals surface area contributed by atoms with Crippen molar-refractivity contribution in [2.24, 2.45) is 0 Å². The van der Waals surface area contributed by atoms with Gasteiger partial charge in [-0.05, 0) is 42.7 Å². The third-order valence-electron chi connectivity index (χ3n) is 5.64. The van der Waals surface area contributed by atoms with E-state index in [2.05, 4.69) is 5.32 Å². The van der Waals surface area contributed by atoms with Crippen LogP contribution in [0.3, 0.4) is 0 Å². The Kier molecular flexibility index (Phi) is 6.74. The number of hydrogen-bond acceptors (Lipinski definition) is 3. The first kappa shape index (κ1) is 22.1. The van der Waals surface area contributed by atoms with Gasteiger partial charge in [0.25, 0.3) is 0 Å². The molecule has 0 saturated heterocycles. The second-order valence-corrected chi connectivity index (χ2v) is 7.91. The Morgan fingerprint density at radius 1 is 0.970 bits per heavy atom. The van der Waals surface area contributed by atoms with Gasteiger partial charge in [0.1, 0.15) is 18.4 Å². The van der Waals surface area contributed by atoms with Gasteiger partial charge in [0.05, 0.1) is 5.56 Å². The predicted molar refractivity (Wildman–Crippen MR) is 128 cm³/mol. The van der Waals surface area contributed by atoms with Crippen LogP contribution in [0.15, 0.2) is 85.1 Å². The number of hydrogen-bond donors (Lipinski definition) is 2. The lowest BCUT2D eigenvalue weighted by atomic mass is 10.1. The van der Waals surface area contributed by atoms with Crippen LogP contribution in [-0.2, 0) is 17.8 Å². The first-order valence-electron chi connectivity index (χ1n) is 10.9. The highest BCUT2D eigenvalue weighted by atomic mass is 16.5. The summed E-state index contributed by atoms with van der Waals surface area (Å²) in [5, 5.41) is 13.2. The van der Waals surface area contributed by atoms with Gasteiger partial charge in [0.15, 0.2) is 0 Å². The number of rotatable bonds is 9. The van der Waals surface area contributed by atoms with Crippen LogP contribution in [0.25, 0.3) is 10.9 Å². The minimum Gasteiger partial charge on any atom is -0.489 e. The molecule has 1 aromatic heterocycles. The highest BCUT2D eigenvalue weighted by Gasteiger charge is 2.21. The highest BCUT2D eigenvalue weighted by Crippen LogP contribution is 2.29. The zero-order valence-corrected chi connectivity index (χ0v) is 18.4. The van der Waals surface area contributed by atoms with Crippen molar-refractivity contribution in [3.05, 3.63) is 102 Å². The first-order chi connectivity index (χ1) is 16.0. The lowest BCUT2D eigenvalue weighted by Gasteiger charge is -2.15. The number of benzene rings is 3. The standard InChI is InChI=1S/C27H26N2O4/c1-19(26(30)28-15-14-20-8-4-2-5-9-20)29-17-24(27(31)32)23-16-22(12-13-25(23)29)33-18-21-10-6-3-7-11-21/h2-13,16-17,19H,14-15,18H2,1H3,(H,28,30)(H,31,32). The zero-order valence-electron chi connectivity index (χ0n) is 18.4. The molecule has 6 nitrogen and oxygen atoms in total. The summed E-state index contributed by atoms with van der Waals surface area (Å²) in [6.45, 7) is 2.66. The van der Waals surface area contributed by atoms with Crippen LogP contribution in [0.1, 0.15) is 34.5 Å². The number of carbonyl (C=O) groups excluding carboxylic acids is 1. The van der Waals surface area contributed by atoms with Crippen LogP contribution in [0.4, 0.5) is 0 Å². The molecule has 4 rings (SSSR count). The molecule has 2 N–H and O–H groups in total. The Morgan fingerprint density at radius 3 is 2.30 bits per heavy atom. The van der Waals surface area contributed by atoms with E-state index in [0.29, 0.717) is 29.8 Å². The van der Waals surface area contributed by atoms with Crippen molar-refractivity contribution in [2.75, 3.05) is 6.54 Å². The Hall–Kier alpha value is -4.06. The molecule has 1 atom stereocenters. The summed E-state index contributed by atoms with van der Waals surface area (Å²) in [5.74, 6) is -0.633. The summed E-state index contributed by atoms with van der Waals surface area (Å²) in [4.78, 5) is 24.7. The van der Waals surface area contributed by atoms with Gasteiger partial charge in [0.2, 0.25) is 5.91 Å². The van der Waals surface area contributed by atoms with Crippen molar-refractivity contribution in [3.63, 3.8) is 0 Å². The van der Waals surface area contributed by atoms with Crippen LogP contribution in [0.5, 0.6) is 5.75 Å². The van der Waals surface area contributed by atoms with Gasteiger partial charge in [-0.15, -0.1) is 0 Å². The van der Waals surface area contributed by atoms with E-state index < -0.39 is 12.0 Å². The van der Waals surface area contributed by atoms with E-state index in [1.54, 1.807) is 29.7 Å². The summed E-state index contributed by atoms with van der Waals surface area (Å²) in [6, 6.07) is 24.5. The van der Waals surface area contributed by atoms with E-state index in [-0.39, 0.29) is 11.5 Å². The summed E-state index contributed by atoms with van der Waals surface area (Å²) in [7, 11) is 0. The maximum atomic E-state index is 12.8. The lowest BCUT2D eigenvalue weighted by Crippen LogP contribution is -2.32. The topological polar surface area (TPSA) is 80.6 Å². The average molecular weight is 443 g/mol. The second kappa shape index (κ2) is 10.0. The Labute approximate surface area is 192 Å². The summed E-state index contributed by atoms with van der Waals surface area (Å²) in [5.41, 5.74) is 2.98. The van der Waals surface area contributed by atoms with Crippen LogP contribution >= 0.6 is 0 Å². The molecule has 3 aromatic carbocycles. The number of fused-ring (bicyclic) bond motifs is 1. The van der Waals surface area contributed by atoms with Crippen molar-refractivity contribution in [1.82, 2.24) is 9.88 Å². The molecule has 0 fully saturated rings. The minimum absolute atomic E-state index is 0.138. The van der Waals surface area contributed by atoms with E-state index >= 15 is 0 Å². The number of nitrogens with one attached hydrogen (secondary N) is 1. The van der Waals surface area contributed by atoms with Crippen LogP contribution < -0.4 is 10.1 Å². The largest absolute Gasteiger partial charge is 0.489 e. The van der Waals surface area contributed by atoms with E-state index in [1.807, 2.05) is 60.7 Å². The summed E-state index contributed by atoms with van der Waals surface area (Å²) < 4.78 is 7.57. The molecule has 1 unspecified atom stereocenters. The third-order valence-corrected chi connectivity index (χ3v) is 5.64. The lowest BCUT2D eigenvalue weighted by molar-refractivity contribution is -0.123. The molecule has 4 aromatic rings. The van der Waals surface area contributed by atoms with Gasteiger partial charge in [-0.3, -0.25) is 4.79 Å². The molecule has 0 aliphatic heterocycles. The van der Waals surface area contributed by atoms with Gasteiger partial charge >= 0.3 is 5.97 Å². The van der Waals surface area contributed by atoms with Gasteiger partial charge in [-0.2, -0.15) is 0 Å². The van der Waals surface area contributed by atoms with Crippen molar-refractivity contribution >= 4 is 22.8 Å². The van der Waals surface area contributed by atoms with Crippen LogP contribution in [-0.4, -0.2) is 28.1 Å². The number of amides is 1. The first-order valence-corrected chi connectivity index (χ1v) is 10.9. The van der Waals surface area contributed by atoms with Crippen LogP contribution in [0.2, 0.25) is 0 Å². The Morgan fingerprint density at radius 2 is 1.64 bits per heavy atom. The molecule has 0 saturated carbocycles. The molecule has 1 amide bonds. The summed E-state index contributed by atoms with van der Waals surface area (Å²) in [6.07, 6.45) is 2.25. The fourth-order valence-corrected chi connectivity index (χ4v) is 3.80. The molecule has 33 heavy (non-hydrogen) atoms. The average Bonchev–Trinajstić information content (AvgIpc) is 3.22. The normalized spacial score (nSPS) is 11.8. The Bertz CT molecular complexity index is 1250. The molecule has 0 radical (unpaired) electrons. The van der Waals surface area contributed by atoms with Gasteiger partial charge in [-0.1, -0.05) is 60.7 Å². The van der Waals surface area contributed by atoms with Crippen molar-refractivity contribution < 1.29 is 19.4 Å². The van der Waals surface area contributed by atoms with Gasteiger partial charge in [0, 0.05) is 23.6 Å². The van der Waals surface area contributed by atoms with Crippen molar-refractivity contribution in [1.29, 1.82) is 0 Å². The van der Waals surface area contributed by atoms with E-state index in [4.69, 9.17) is 4.74 Å². The maximum absolute atomic E-state index is 12.8. The smallest absolute Gasteiger partial charge is 0.337 e. The van der Waals surface area contributed by atoms with Crippen molar-refractivity contribution in [2.45, 2.75) is 26.0 Å². The molecule has 1 heterocycles. The van der Waals surface area contributed by atoms with Crippen molar-refractivity contribution in [3.8, 4) is 5.75 Å². The zero-order chi connectivity index (χ0) is 23.2. The number of carboxylic acids is 1. The Balaban J connectivity index is 1.50. The molecule has 0 spiro atoms. The number of aromatic carboxylic acids is 1. The predicted octanol–water partition coefficient (Wildman–Crippen LogP) is 4.84. The van der Waals surface area contributed by atoms with E-state index in [0.717, 1.165) is 17.5 Å². The third kappa shape index (κ3) is 5.23. The quantitative estimate of drug-likeness (QED) is 0.389. The molecule has 0 bridgehead atoms. The van der Waals surface area contributed by atoms with E-state index in [1.165, 1.54) is 6.20 Å². The van der Waals surface area contributed by atoms with Gasteiger partial charge in [-0.25, -0.2) is 4.79 Å². The number of aromatic nitrogens is 1. The summed E-state index contributed by atoms with van der Waals surface area (Å²) >= 11 is 0. The second-order valence-electron chi connectivity index (χ2n) is 7.91. The monoisotopic (exact) mass is 442 g/mol. The maximum Gasteiger partial charge on any atom is 0.337 e. The SMILES string of the molecule is CC(C(=O)NCCc1ccccc1)n1cc(C(=O)O)c2cc(OCc3ccccc3)ccc21.